The summed E-state index contributed by atoms with van der Waals surface area (Å²) in [5.74, 6) is 0.0269. The van der Waals surface area contributed by atoms with Crippen molar-refractivity contribution in [2.24, 2.45) is 0 Å². The highest BCUT2D eigenvalue weighted by Crippen LogP contribution is 2.26. The van der Waals surface area contributed by atoms with E-state index >= 15 is 0 Å². The number of hydrogen-bond donors (Lipinski definition) is 2. The van der Waals surface area contributed by atoms with Crippen LogP contribution in [0.25, 0.3) is 0 Å². The van der Waals surface area contributed by atoms with Crippen LogP contribution < -0.4 is 10.9 Å². The van der Waals surface area contributed by atoms with Gasteiger partial charge < -0.3 is 0 Å². The SMILES string of the molecule is O=C1CC(Br)C(c2ccccc2)NN1. The summed E-state index contributed by atoms with van der Waals surface area (Å²) >= 11 is 3.51. The van der Waals surface area contributed by atoms with E-state index in [-0.39, 0.29) is 16.8 Å². The van der Waals surface area contributed by atoms with E-state index < -0.39 is 0 Å². The van der Waals surface area contributed by atoms with Crippen molar-refractivity contribution in [2.45, 2.75) is 17.3 Å². The number of carbonyl (C=O) groups is 1. The molecule has 2 unspecified atom stereocenters. The minimum absolute atomic E-state index is 0.0269. The Labute approximate surface area is 91.0 Å². The van der Waals surface area contributed by atoms with Crippen molar-refractivity contribution in [3.8, 4) is 0 Å². The first-order chi connectivity index (χ1) is 6.77. The van der Waals surface area contributed by atoms with E-state index in [1.165, 1.54) is 5.56 Å². The molecule has 1 saturated heterocycles. The summed E-state index contributed by atoms with van der Waals surface area (Å²) in [6.45, 7) is 0. The second kappa shape index (κ2) is 4.11. The quantitative estimate of drug-likeness (QED) is 0.747. The molecule has 1 aromatic carbocycles. The molecule has 1 aliphatic rings. The summed E-state index contributed by atoms with van der Waals surface area (Å²) in [6.07, 6.45) is 0.507. The molecular formula is C10H11BrN2O. The van der Waals surface area contributed by atoms with Gasteiger partial charge in [0.25, 0.3) is 0 Å². The van der Waals surface area contributed by atoms with E-state index in [4.69, 9.17) is 0 Å². The first kappa shape index (κ1) is 9.68. The molecule has 2 atom stereocenters. The lowest BCUT2D eigenvalue weighted by molar-refractivity contribution is -0.123. The number of carbonyl (C=O) groups excluding carboxylic acids is 1. The molecule has 14 heavy (non-hydrogen) atoms. The van der Waals surface area contributed by atoms with E-state index in [9.17, 15) is 4.79 Å². The fraction of sp³-hybridized carbons (Fsp3) is 0.300. The topological polar surface area (TPSA) is 41.1 Å². The summed E-state index contributed by atoms with van der Waals surface area (Å²) in [5, 5.41) is 0. The molecule has 0 saturated carbocycles. The van der Waals surface area contributed by atoms with Gasteiger partial charge >= 0.3 is 0 Å². The highest BCUT2D eigenvalue weighted by Gasteiger charge is 2.27. The van der Waals surface area contributed by atoms with Gasteiger partial charge in [-0.1, -0.05) is 46.3 Å². The lowest BCUT2D eigenvalue weighted by atomic mass is 10.0. The number of rotatable bonds is 1. The monoisotopic (exact) mass is 254 g/mol. The van der Waals surface area contributed by atoms with Crippen LogP contribution >= 0.6 is 15.9 Å². The van der Waals surface area contributed by atoms with Crippen LogP contribution in [0.15, 0.2) is 30.3 Å². The molecular weight excluding hydrogens is 244 g/mol. The third kappa shape index (κ3) is 1.96. The van der Waals surface area contributed by atoms with Crippen LogP contribution in [0.3, 0.4) is 0 Å². The molecule has 3 nitrogen and oxygen atoms in total. The van der Waals surface area contributed by atoms with Crippen molar-refractivity contribution in [1.29, 1.82) is 0 Å². The van der Waals surface area contributed by atoms with Crippen LogP contribution in [0.2, 0.25) is 0 Å². The molecule has 4 heteroatoms. The van der Waals surface area contributed by atoms with Crippen LogP contribution in [0, 0.1) is 0 Å². The first-order valence-corrected chi connectivity index (χ1v) is 5.42. The molecule has 2 rings (SSSR count). The Bertz CT molecular complexity index is 328. The van der Waals surface area contributed by atoms with Gasteiger partial charge in [0.15, 0.2) is 0 Å². The van der Waals surface area contributed by atoms with E-state index in [0.717, 1.165) is 0 Å². The summed E-state index contributed by atoms with van der Waals surface area (Å²) in [6, 6.07) is 10.2. The molecule has 0 spiro atoms. The van der Waals surface area contributed by atoms with E-state index in [0.29, 0.717) is 6.42 Å². The van der Waals surface area contributed by atoms with Gasteiger partial charge in [0.1, 0.15) is 0 Å². The Morgan fingerprint density at radius 2 is 2.00 bits per heavy atom. The summed E-state index contributed by atoms with van der Waals surface area (Å²) in [4.78, 5) is 11.2. The summed E-state index contributed by atoms with van der Waals surface area (Å²) < 4.78 is 0. The zero-order valence-corrected chi connectivity index (χ0v) is 9.12. The average Bonchev–Trinajstić information content (AvgIpc) is 2.19. The number of amides is 1. The molecule has 74 valence electrons. The zero-order chi connectivity index (χ0) is 9.97. The molecule has 1 aliphatic heterocycles. The Kier molecular flexibility index (Phi) is 2.84. The molecule has 1 fully saturated rings. The molecule has 0 aliphatic carbocycles. The fourth-order valence-electron chi connectivity index (χ4n) is 1.55. The van der Waals surface area contributed by atoms with Gasteiger partial charge in [0.2, 0.25) is 5.91 Å². The number of hydrazine groups is 1. The maximum absolute atomic E-state index is 11.0. The number of halogens is 1. The Hall–Kier alpha value is -0.870. The Morgan fingerprint density at radius 3 is 2.64 bits per heavy atom. The van der Waals surface area contributed by atoms with Crippen LogP contribution in [0.5, 0.6) is 0 Å². The van der Waals surface area contributed by atoms with Gasteiger partial charge in [-0.3, -0.25) is 10.2 Å². The van der Waals surface area contributed by atoms with Gasteiger partial charge in [0.05, 0.1) is 6.04 Å². The first-order valence-electron chi connectivity index (χ1n) is 4.51. The smallest absolute Gasteiger partial charge is 0.235 e. The van der Waals surface area contributed by atoms with Crippen LogP contribution in [-0.2, 0) is 4.79 Å². The molecule has 1 heterocycles. The molecule has 1 aromatic rings. The Balaban J connectivity index is 2.16. The number of alkyl halides is 1. The number of nitrogens with one attached hydrogen (secondary N) is 2. The van der Waals surface area contributed by atoms with Gasteiger partial charge in [-0.15, -0.1) is 0 Å². The highest BCUT2D eigenvalue weighted by atomic mass is 79.9. The minimum atomic E-state index is 0.0269. The van der Waals surface area contributed by atoms with Gasteiger partial charge in [0, 0.05) is 11.2 Å². The normalized spacial score (nSPS) is 27.1. The molecule has 1 amide bonds. The third-order valence-electron chi connectivity index (χ3n) is 2.27. The molecule has 0 aromatic heterocycles. The second-order valence-corrected chi connectivity index (χ2v) is 4.48. The largest absolute Gasteiger partial charge is 0.291 e. The predicted molar refractivity (Wildman–Crippen MR) is 57.8 cm³/mol. The van der Waals surface area contributed by atoms with Crippen molar-refractivity contribution in [3.63, 3.8) is 0 Å². The van der Waals surface area contributed by atoms with Gasteiger partial charge in [-0.05, 0) is 5.56 Å². The lowest BCUT2D eigenvalue weighted by Crippen LogP contribution is -2.49. The van der Waals surface area contributed by atoms with Crippen molar-refractivity contribution in [3.05, 3.63) is 35.9 Å². The van der Waals surface area contributed by atoms with E-state index in [1.807, 2.05) is 30.3 Å². The number of hydrogen-bond acceptors (Lipinski definition) is 2. The van der Waals surface area contributed by atoms with Gasteiger partial charge in [-0.25, -0.2) is 5.43 Å². The van der Waals surface area contributed by atoms with Crippen molar-refractivity contribution >= 4 is 21.8 Å². The zero-order valence-electron chi connectivity index (χ0n) is 7.53. The molecule has 2 N–H and O–H groups in total. The maximum atomic E-state index is 11.0. The van der Waals surface area contributed by atoms with Crippen molar-refractivity contribution in [2.75, 3.05) is 0 Å². The summed E-state index contributed by atoms with van der Waals surface area (Å²) in [5.41, 5.74) is 6.81. The minimum Gasteiger partial charge on any atom is -0.291 e. The average molecular weight is 255 g/mol. The number of benzene rings is 1. The highest BCUT2D eigenvalue weighted by molar-refractivity contribution is 9.09. The van der Waals surface area contributed by atoms with Crippen LogP contribution in [-0.4, -0.2) is 10.7 Å². The Morgan fingerprint density at radius 1 is 1.29 bits per heavy atom. The van der Waals surface area contributed by atoms with Crippen LogP contribution in [0.1, 0.15) is 18.0 Å². The van der Waals surface area contributed by atoms with E-state index in [2.05, 4.69) is 26.8 Å². The second-order valence-electron chi connectivity index (χ2n) is 3.30. The molecule has 0 radical (unpaired) electrons. The van der Waals surface area contributed by atoms with Crippen LogP contribution in [0.4, 0.5) is 0 Å². The van der Waals surface area contributed by atoms with Gasteiger partial charge in [-0.2, -0.15) is 0 Å². The standard InChI is InChI=1S/C10H11BrN2O/c11-8-6-9(14)12-13-10(8)7-4-2-1-3-5-7/h1-5,8,10,13H,6H2,(H,12,14). The molecule has 0 bridgehead atoms. The lowest BCUT2D eigenvalue weighted by Gasteiger charge is -2.29. The predicted octanol–water partition coefficient (Wildman–Crippen LogP) is 1.52. The summed E-state index contributed by atoms with van der Waals surface area (Å²) in [7, 11) is 0. The van der Waals surface area contributed by atoms with Crippen molar-refractivity contribution < 1.29 is 4.79 Å². The van der Waals surface area contributed by atoms with E-state index in [1.54, 1.807) is 0 Å². The third-order valence-corrected chi connectivity index (χ3v) is 3.12. The van der Waals surface area contributed by atoms with Crippen molar-refractivity contribution in [1.82, 2.24) is 10.9 Å². The fourth-order valence-corrected chi connectivity index (χ4v) is 2.28. The maximum Gasteiger partial charge on any atom is 0.235 e.